The normalized spacial score (nSPS) is 10.4. The number of H-pyrrole nitrogens is 1. The number of nitrogens with two attached hydrogens (primary N) is 1. The Morgan fingerprint density at radius 3 is 2.89 bits per heavy atom. The van der Waals surface area contributed by atoms with Crippen molar-refractivity contribution in [3.63, 3.8) is 0 Å². The van der Waals surface area contributed by atoms with Crippen LogP contribution in [0, 0.1) is 5.82 Å². The molecule has 0 unspecified atom stereocenters. The first kappa shape index (κ1) is 13.1. The number of nitrogens with zero attached hydrogens (tertiary/aromatic N) is 1. The molecule has 0 aliphatic heterocycles. The number of anilines is 2. The van der Waals surface area contributed by atoms with Gasteiger partial charge in [0, 0.05) is 23.0 Å². The molecule has 1 heterocycles. The summed E-state index contributed by atoms with van der Waals surface area (Å²) < 4.78 is 13.1. The first-order valence-electron chi connectivity index (χ1n) is 6.00. The van der Waals surface area contributed by atoms with Crippen molar-refractivity contribution in [2.75, 3.05) is 11.1 Å². The predicted molar refractivity (Wildman–Crippen MR) is 71.3 cm³/mol. The van der Waals surface area contributed by atoms with Crippen LogP contribution < -0.4 is 11.1 Å². The zero-order chi connectivity index (χ0) is 13.8. The van der Waals surface area contributed by atoms with Gasteiger partial charge in [-0.3, -0.25) is 9.89 Å². The number of benzene rings is 1. The van der Waals surface area contributed by atoms with Crippen molar-refractivity contribution in [1.82, 2.24) is 10.2 Å². The number of aromatic nitrogens is 2. The molecular formula is C13H15FN4O. The minimum atomic E-state index is -0.543. The lowest BCUT2D eigenvalue weighted by molar-refractivity contribution is 0.102. The van der Waals surface area contributed by atoms with Gasteiger partial charge in [0.15, 0.2) is 5.82 Å². The van der Waals surface area contributed by atoms with Gasteiger partial charge in [0.1, 0.15) is 5.82 Å². The number of aryl methyl sites for hydroxylation is 1. The van der Waals surface area contributed by atoms with Gasteiger partial charge in [-0.2, -0.15) is 5.10 Å². The van der Waals surface area contributed by atoms with E-state index in [0.29, 0.717) is 5.82 Å². The molecular weight excluding hydrogens is 247 g/mol. The monoisotopic (exact) mass is 262 g/mol. The lowest BCUT2D eigenvalue weighted by Gasteiger charge is -2.03. The van der Waals surface area contributed by atoms with Gasteiger partial charge in [-0.05, 0) is 24.6 Å². The zero-order valence-corrected chi connectivity index (χ0v) is 10.5. The summed E-state index contributed by atoms with van der Waals surface area (Å²) in [6.07, 6.45) is 1.84. The van der Waals surface area contributed by atoms with E-state index in [1.165, 1.54) is 6.07 Å². The van der Waals surface area contributed by atoms with Gasteiger partial charge < -0.3 is 11.1 Å². The Morgan fingerprint density at radius 1 is 1.42 bits per heavy atom. The standard InChI is InChI=1S/C13H15FN4O/c1-2-3-11-7-12(18-17-11)16-13(19)8-4-9(14)6-10(15)5-8/h4-7H,2-3,15H2,1H3,(H2,16,17,18,19). The first-order chi connectivity index (χ1) is 9.08. The quantitative estimate of drug-likeness (QED) is 0.739. The van der Waals surface area contributed by atoms with E-state index in [4.69, 9.17) is 5.73 Å². The fourth-order valence-electron chi connectivity index (χ4n) is 1.75. The molecule has 1 aromatic carbocycles. The molecule has 0 radical (unpaired) electrons. The molecule has 2 rings (SSSR count). The van der Waals surface area contributed by atoms with Gasteiger partial charge in [0.05, 0.1) is 0 Å². The third-order valence-corrected chi connectivity index (χ3v) is 2.57. The Bertz CT molecular complexity index is 574. The number of carbonyl (C=O) groups is 1. The average Bonchev–Trinajstić information content (AvgIpc) is 2.76. The van der Waals surface area contributed by atoms with E-state index in [1.807, 2.05) is 0 Å². The third-order valence-electron chi connectivity index (χ3n) is 2.57. The molecule has 0 spiro atoms. The van der Waals surface area contributed by atoms with Crippen LogP contribution in [0.3, 0.4) is 0 Å². The SMILES string of the molecule is CCCc1cc(NC(=O)c2cc(N)cc(F)c2)n[nH]1. The van der Waals surface area contributed by atoms with Crippen LogP contribution in [0.15, 0.2) is 24.3 Å². The molecule has 0 aliphatic carbocycles. The molecule has 0 aliphatic rings. The Hall–Kier alpha value is -2.37. The van der Waals surface area contributed by atoms with E-state index < -0.39 is 11.7 Å². The van der Waals surface area contributed by atoms with Crippen LogP contribution in [0.2, 0.25) is 0 Å². The van der Waals surface area contributed by atoms with Crippen molar-refractivity contribution in [2.24, 2.45) is 0 Å². The number of nitrogen functional groups attached to an aromatic ring is 1. The summed E-state index contributed by atoms with van der Waals surface area (Å²) in [4.78, 5) is 11.9. The van der Waals surface area contributed by atoms with Crippen molar-refractivity contribution in [1.29, 1.82) is 0 Å². The van der Waals surface area contributed by atoms with Gasteiger partial charge in [0.2, 0.25) is 0 Å². The molecule has 0 fully saturated rings. The van der Waals surface area contributed by atoms with Crippen LogP contribution in [-0.4, -0.2) is 16.1 Å². The summed E-state index contributed by atoms with van der Waals surface area (Å²) in [5, 5.41) is 9.37. The molecule has 4 N–H and O–H groups in total. The van der Waals surface area contributed by atoms with Crippen molar-refractivity contribution < 1.29 is 9.18 Å². The molecule has 0 atom stereocenters. The van der Waals surface area contributed by atoms with Crippen LogP contribution >= 0.6 is 0 Å². The van der Waals surface area contributed by atoms with E-state index in [9.17, 15) is 9.18 Å². The van der Waals surface area contributed by atoms with Crippen LogP contribution in [-0.2, 0) is 6.42 Å². The van der Waals surface area contributed by atoms with E-state index >= 15 is 0 Å². The Balaban J connectivity index is 2.11. The maximum Gasteiger partial charge on any atom is 0.257 e. The third kappa shape index (κ3) is 3.31. The highest BCUT2D eigenvalue weighted by molar-refractivity contribution is 6.04. The average molecular weight is 262 g/mol. The molecule has 0 bridgehead atoms. The summed E-state index contributed by atoms with van der Waals surface area (Å²) in [6, 6.07) is 5.46. The Labute approximate surface area is 110 Å². The number of hydrogen-bond acceptors (Lipinski definition) is 3. The molecule has 0 saturated carbocycles. The molecule has 19 heavy (non-hydrogen) atoms. The number of hydrogen-bond donors (Lipinski definition) is 3. The number of aromatic amines is 1. The van der Waals surface area contributed by atoms with Gasteiger partial charge >= 0.3 is 0 Å². The van der Waals surface area contributed by atoms with E-state index in [2.05, 4.69) is 22.4 Å². The maximum atomic E-state index is 13.1. The Kier molecular flexibility index (Phi) is 3.79. The molecule has 0 saturated heterocycles. The van der Waals surface area contributed by atoms with Crippen LogP contribution in [0.5, 0.6) is 0 Å². The molecule has 6 heteroatoms. The Morgan fingerprint density at radius 2 is 2.21 bits per heavy atom. The minimum absolute atomic E-state index is 0.164. The van der Waals surface area contributed by atoms with Gasteiger partial charge in [-0.25, -0.2) is 4.39 Å². The number of carbonyl (C=O) groups excluding carboxylic acids is 1. The predicted octanol–water partition coefficient (Wildman–Crippen LogP) is 2.34. The molecule has 5 nitrogen and oxygen atoms in total. The van der Waals surface area contributed by atoms with Gasteiger partial charge in [-0.1, -0.05) is 13.3 Å². The number of amides is 1. The van der Waals surface area contributed by atoms with Crippen molar-refractivity contribution >= 4 is 17.4 Å². The van der Waals surface area contributed by atoms with Crippen molar-refractivity contribution in [3.8, 4) is 0 Å². The summed E-state index contributed by atoms with van der Waals surface area (Å²) in [5.74, 6) is -0.573. The van der Waals surface area contributed by atoms with E-state index in [0.717, 1.165) is 30.7 Å². The molecule has 1 aromatic heterocycles. The first-order valence-corrected chi connectivity index (χ1v) is 6.00. The topological polar surface area (TPSA) is 83.8 Å². The van der Waals surface area contributed by atoms with E-state index in [-0.39, 0.29) is 11.3 Å². The largest absolute Gasteiger partial charge is 0.399 e. The van der Waals surface area contributed by atoms with Crippen LogP contribution in [0.4, 0.5) is 15.9 Å². The molecule has 2 aromatic rings. The minimum Gasteiger partial charge on any atom is -0.399 e. The number of rotatable bonds is 4. The van der Waals surface area contributed by atoms with E-state index in [1.54, 1.807) is 6.07 Å². The number of halogens is 1. The van der Waals surface area contributed by atoms with Crippen molar-refractivity contribution in [3.05, 3.63) is 41.3 Å². The second-order valence-electron chi connectivity index (χ2n) is 4.26. The fourth-order valence-corrected chi connectivity index (χ4v) is 1.75. The second-order valence-corrected chi connectivity index (χ2v) is 4.26. The fraction of sp³-hybridized carbons (Fsp3) is 0.231. The molecule has 1 amide bonds. The summed E-state index contributed by atoms with van der Waals surface area (Å²) in [7, 11) is 0. The lowest BCUT2D eigenvalue weighted by atomic mass is 10.2. The second kappa shape index (κ2) is 5.51. The highest BCUT2D eigenvalue weighted by Gasteiger charge is 2.10. The summed E-state index contributed by atoms with van der Waals surface area (Å²) in [6.45, 7) is 2.05. The maximum absolute atomic E-state index is 13.1. The van der Waals surface area contributed by atoms with Crippen LogP contribution in [0.1, 0.15) is 29.4 Å². The summed E-state index contributed by atoms with van der Waals surface area (Å²) >= 11 is 0. The zero-order valence-electron chi connectivity index (χ0n) is 10.5. The van der Waals surface area contributed by atoms with Gasteiger partial charge in [0.25, 0.3) is 5.91 Å². The lowest BCUT2D eigenvalue weighted by Crippen LogP contribution is -2.12. The number of nitrogens with one attached hydrogen (secondary N) is 2. The highest BCUT2D eigenvalue weighted by atomic mass is 19.1. The molecule has 100 valence electrons. The van der Waals surface area contributed by atoms with Crippen LogP contribution in [0.25, 0.3) is 0 Å². The smallest absolute Gasteiger partial charge is 0.257 e. The summed E-state index contributed by atoms with van der Waals surface area (Å²) in [5.41, 5.74) is 6.81. The van der Waals surface area contributed by atoms with Gasteiger partial charge in [-0.15, -0.1) is 0 Å². The van der Waals surface area contributed by atoms with Crippen molar-refractivity contribution in [2.45, 2.75) is 19.8 Å². The highest BCUT2D eigenvalue weighted by Crippen LogP contribution is 2.13.